The zero-order valence-electron chi connectivity index (χ0n) is 75.1. The van der Waals surface area contributed by atoms with Gasteiger partial charge in [0.25, 0.3) is 0 Å². The summed E-state index contributed by atoms with van der Waals surface area (Å²) in [6, 6.07) is -3.99. The van der Waals surface area contributed by atoms with Gasteiger partial charge in [-0.05, 0) is 218 Å². The van der Waals surface area contributed by atoms with Crippen LogP contribution < -0.4 is 10.6 Å². The first-order chi connectivity index (χ1) is 58.5. The van der Waals surface area contributed by atoms with Gasteiger partial charge in [-0.2, -0.15) is 4.31 Å². The molecule has 0 aromatic heterocycles. The second-order valence-corrected chi connectivity index (χ2v) is 37.0. The first-order valence-electron chi connectivity index (χ1n) is 43.4. The lowest BCUT2D eigenvalue weighted by Crippen LogP contribution is -2.71. The molecule has 5 aliphatic heterocycles. The van der Waals surface area contributed by atoms with E-state index in [1.165, 1.54) is 68.7 Å². The molecule has 0 aromatic rings. The number of phosphoric acid groups is 2. The average Bonchev–Trinajstić information content (AvgIpc) is 0.755. The number of carbonyl (C=O) groups excluding carboxylic acids is 2. The molecule has 710 valence electrons. The third-order valence-electron chi connectivity index (χ3n) is 22.6. The number of amides is 2. The minimum atomic E-state index is -5.92. The van der Waals surface area contributed by atoms with Gasteiger partial charge in [0.1, 0.15) is 116 Å². The summed E-state index contributed by atoms with van der Waals surface area (Å²) in [7, 11) is -11.5. The molecule has 0 bridgehead atoms. The molecule has 2 amide bonds. The van der Waals surface area contributed by atoms with Crippen LogP contribution in [0, 0.1) is 0 Å². The van der Waals surface area contributed by atoms with E-state index >= 15 is 0 Å². The quantitative estimate of drug-likeness (QED) is 0.0199. The van der Waals surface area contributed by atoms with Crippen molar-refractivity contribution < 1.29 is 151 Å². The molecular formula is C89H148N2O31P2. The summed E-state index contributed by atoms with van der Waals surface area (Å²) in [5.74, 6) is -1.92. The summed E-state index contributed by atoms with van der Waals surface area (Å²) in [5, 5.41) is 147. The number of nitrogens with one attached hydrogen (secondary N) is 2. The third-order valence-corrected chi connectivity index (χ3v) is 25.2. The van der Waals surface area contributed by atoms with Crippen LogP contribution in [0.5, 0.6) is 0 Å². The SMILES string of the molecule is CC(=O)N[C@H]1[C@@H](OP(=O)(O)OP(=O)(O)OC/C=C(/C)CC/C=C(/C)CC/C=C(/C)CC/C=C(/C)CC/C=C(/C)CC/C=C(/C)CC/C=C(/C)CC/C=C(\C)CC/C=C(\C)CC/C=C(\C)CCC=C(C)C)O[C@H](CO)[C@H](O)[C@@H]1O[C@H]1O[C@H](CO)[C@H](O)[C@H](O[C@@H]2O[C@H](CO)[C@H](O)[C@H](O[C@H]3O[C@H](CO)[C@H](O)[C@H](O)[C@H]3O)[C@H]2O[C@@H]2O[C@@H](C)[C@@H](O)[C@@H](O)[C@@H]2O)[C@H]1NC(C)=O. The Kier molecular flexibility index (Phi) is 49.3. The van der Waals surface area contributed by atoms with Crippen molar-refractivity contribution in [2.75, 3.05) is 33.0 Å². The number of aliphatic hydroxyl groups is 13. The van der Waals surface area contributed by atoms with Gasteiger partial charge in [0, 0.05) is 13.8 Å². The summed E-state index contributed by atoms with van der Waals surface area (Å²) >= 11 is 0. The van der Waals surface area contributed by atoms with Crippen LogP contribution in [0.15, 0.2) is 128 Å². The molecule has 35 heteroatoms. The molecular weight excluding hydrogens is 1650 g/mol. The van der Waals surface area contributed by atoms with Crippen LogP contribution in [-0.2, 0) is 74.7 Å². The monoisotopic (exact) mass is 1800 g/mol. The first kappa shape index (κ1) is 110. The van der Waals surface area contributed by atoms with Crippen molar-refractivity contribution in [1.82, 2.24) is 10.6 Å². The van der Waals surface area contributed by atoms with Gasteiger partial charge in [-0.3, -0.25) is 18.6 Å². The van der Waals surface area contributed by atoms with Crippen LogP contribution in [-0.4, -0.2) is 274 Å². The molecule has 5 aliphatic rings. The number of allylic oxidation sites excluding steroid dienone is 21. The molecule has 5 saturated heterocycles. The molecule has 0 aromatic carbocycles. The van der Waals surface area contributed by atoms with E-state index in [0.717, 1.165) is 135 Å². The average molecular weight is 1800 g/mol. The van der Waals surface area contributed by atoms with Crippen LogP contribution in [0.1, 0.15) is 232 Å². The Hall–Kier alpha value is -4.54. The summed E-state index contributed by atoms with van der Waals surface area (Å²) < 4.78 is 95.5. The van der Waals surface area contributed by atoms with Crippen molar-refractivity contribution in [2.45, 2.75) is 386 Å². The zero-order chi connectivity index (χ0) is 92.3. The van der Waals surface area contributed by atoms with Crippen LogP contribution in [0.4, 0.5) is 0 Å². The predicted octanol–water partition coefficient (Wildman–Crippen LogP) is 8.88. The fourth-order valence-electron chi connectivity index (χ4n) is 14.9. The molecule has 0 aliphatic carbocycles. The van der Waals surface area contributed by atoms with E-state index in [1.807, 2.05) is 6.92 Å². The number of hydrogen-bond acceptors (Lipinski definition) is 29. The van der Waals surface area contributed by atoms with Crippen LogP contribution in [0.3, 0.4) is 0 Å². The highest BCUT2D eigenvalue weighted by molar-refractivity contribution is 7.61. The van der Waals surface area contributed by atoms with Gasteiger partial charge in [-0.15, -0.1) is 0 Å². The van der Waals surface area contributed by atoms with Crippen molar-refractivity contribution in [3.05, 3.63) is 128 Å². The Balaban J connectivity index is 1.10. The number of phosphoric ester groups is 2. The lowest BCUT2D eigenvalue weighted by molar-refractivity contribution is -0.402. The van der Waals surface area contributed by atoms with Gasteiger partial charge in [0.2, 0.25) is 11.8 Å². The minimum absolute atomic E-state index is 0.518. The van der Waals surface area contributed by atoms with Crippen LogP contribution >= 0.6 is 15.6 Å². The minimum Gasteiger partial charge on any atom is -0.394 e. The van der Waals surface area contributed by atoms with Gasteiger partial charge in [-0.25, -0.2) is 9.13 Å². The lowest BCUT2D eigenvalue weighted by atomic mass is 9.93. The van der Waals surface area contributed by atoms with E-state index < -0.39 is 214 Å². The number of hydrogen-bond donors (Lipinski definition) is 17. The van der Waals surface area contributed by atoms with Crippen molar-refractivity contribution in [3.63, 3.8) is 0 Å². The summed E-state index contributed by atoms with van der Waals surface area (Å²) in [4.78, 5) is 48.1. The van der Waals surface area contributed by atoms with E-state index in [4.69, 9.17) is 51.7 Å². The number of rotatable bonds is 51. The summed E-state index contributed by atoms with van der Waals surface area (Å²) in [6.07, 6.45) is -1.06. The normalized spacial score (nSPS) is 33.0. The molecule has 5 fully saturated rings. The van der Waals surface area contributed by atoms with Crippen LogP contribution in [0.2, 0.25) is 0 Å². The molecule has 0 radical (unpaired) electrons. The van der Waals surface area contributed by atoms with Crippen molar-refractivity contribution in [3.8, 4) is 0 Å². The molecule has 0 spiro atoms. The highest BCUT2D eigenvalue weighted by Gasteiger charge is 2.59. The largest absolute Gasteiger partial charge is 0.483 e. The first-order valence-corrected chi connectivity index (χ1v) is 46.4. The van der Waals surface area contributed by atoms with Crippen molar-refractivity contribution in [2.24, 2.45) is 0 Å². The second kappa shape index (κ2) is 55.6. The molecule has 124 heavy (non-hydrogen) atoms. The molecule has 17 N–H and O–H groups in total. The summed E-state index contributed by atoms with van der Waals surface area (Å²) in [6.45, 7) is 24.3. The Bertz CT molecular complexity index is 3720. The van der Waals surface area contributed by atoms with Gasteiger partial charge < -0.3 is 129 Å². The fraction of sp³-hybridized carbons (Fsp3) is 0.730. The van der Waals surface area contributed by atoms with Gasteiger partial charge in [0.15, 0.2) is 31.5 Å². The van der Waals surface area contributed by atoms with E-state index in [1.54, 1.807) is 6.92 Å². The van der Waals surface area contributed by atoms with E-state index in [0.29, 0.717) is 12.8 Å². The topological polar surface area (TPSA) is 507 Å². The highest BCUT2D eigenvalue weighted by atomic mass is 31.3. The van der Waals surface area contributed by atoms with Gasteiger partial charge in [0.05, 0.1) is 39.1 Å². The Morgan fingerprint density at radius 3 is 0.944 bits per heavy atom. The van der Waals surface area contributed by atoms with Crippen molar-refractivity contribution in [1.29, 1.82) is 0 Å². The second-order valence-electron chi connectivity index (χ2n) is 34.0. The van der Waals surface area contributed by atoms with Gasteiger partial charge in [-0.1, -0.05) is 128 Å². The number of carbonyl (C=O) groups is 2. The van der Waals surface area contributed by atoms with E-state index in [2.05, 4.69) is 145 Å². The maximum absolute atomic E-state index is 13.8. The molecule has 27 atom stereocenters. The van der Waals surface area contributed by atoms with Gasteiger partial charge >= 0.3 is 15.6 Å². The Morgan fingerprint density at radius 1 is 0.315 bits per heavy atom. The van der Waals surface area contributed by atoms with Crippen molar-refractivity contribution >= 4 is 27.5 Å². The number of aliphatic hydroxyl groups excluding tert-OH is 13. The highest BCUT2D eigenvalue weighted by Crippen LogP contribution is 2.61. The number of ether oxygens (including phenoxy) is 9. The van der Waals surface area contributed by atoms with E-state index in [9.17, 15) is 94.9 Å². The predicted molar refractivity (Wildman–Crippen MR) is 463 cm³/mol. The smallest absolute Gasteiger partial charge is 0.394 e. The Morgan fingerprint density at radius 2 is 0.589 bits per heavy atom. The van der Waals surface area contributed by atoms with E-state index in [-0.39, 0.29) is 0 Å². The molecule has 5 rings (SSSR count). The molecule has 0 saturated carbocycles. The zero-order valence-corrected chi connectivity index (χ0v) is 76.9. The molecule has 33 nitrogen and oxygen atoms in total. The maximum Gasteiger partial charge on any atom is 0.483 e. The summed E-state index contributed by atoms with van der Waals surface area (Å²) in [5.41, 5.74) is 14.8. The fourth-order valence-corrected chi connectivity index (χ4v) is 17.0. The maximum atomic E-state index is 13.8. The Labute approximate surface area is 732 Å². The molecule has 5 heterocycles. The lowest BCUT2D eigenvalue weighted by Gasteiger charge is -2.51. The molecule has 2 unspecified atom stereocenters. The van der Waals surface area contributed by atoms with Crippen LogP contribution in [0.25, 0.3) is 0 Å². The third kappa shape index (κ3) is 37.7. The standard InChI is InChI=1S/C89H148N2O31P2/c1-52(2)26-16-27-53(3)28-17-29-54(4)30-18-31-55(5)32-19-33-56(6)34-20-35-57(7)36-21-37-58(8)38-22-39-59(9)40-23-41-60(10)42-24-43-61(11)44-25-45-62(12)46-47-111-123(107,108)122-124(109,110)121-86-71(91-65(15)97)82(75(101)68(50-94)114-86)117-85-70(90-64(14)96)81(74(100)67(49-93)113-85)118-89-84(120-87-79(105)77(103)72(98)63(13)112-87)83(76(102)69(51-95)116-89)119-88-80(106)78(104)73(99)66(48-92)115-88/h26,28,30,32,34,36,38,40,42,44,46,63,66-89,92-95,98-106H,16-25,27,29,31,33,35,37,39,41,43,45,47-51H2,1-15H3,(H,90,96)(H,91,97)(H,107,108)(H,109,110)/b53-28+,54-30+,55-32+,56-34-,57-36-,58-38-,59-40-,60-42-,61-44-,62-46-/t63-,66+,67+,68+,69+,70+,71+,72+,73-,74-,75-,76-,77+,78-,79-,80+,81+,82+,83-,84+,85+,86+,87-,88+,89-/m0/s1.